The van der Waals surface area contributed by atoms with Crippen molar-refractivity contribution in [2.75, 3.05) is 7.11 Å². The third-order valence-corrected chi connectivity index (χ3v) is 2.21. The molecular formula is C12H13FO3. The standard InChI is InChI=1S/C12H13FO3/c1-8(11(13)12(14)15)7-9-5-3-4-6-10(9)16-2/h3-6H,7H2,1-2H3,(H,14,15). The predicted molar refractivity (Wildman–Crippen MR) is 58.1 cm³/mol. The van der Waals surface area contributed by atoms with Crippen molar-refractivity contribution < 1.29 is 19.0 Å². The van der Waals surface area contributed by atoms with E-state index < -0.39 is 11.8 Å². The van der Waals surface area contributed by atoms with Crippen LogP contribution in [0.1, 0.15) is 12.5 Å². The maximum atomic E-state index is 13.1. The van der Waals surface area contributed by atoms with Crippen molar-refractivity contribution >= 4 is 5.97 Å². The van der Waals surface area contributed by atoms with Gasteiger partial charge in [-0.2, -0.15) is 4.39 Å². The molecule has 0 amide bonds. The van der Waals surface area contributed by atoms with E-state index >= 15 is 0 Å². The second-order valence-corrected chi connectivity index (χ2v) is 3.39. The highest BCUT2D eigenvalue weighted by atomic mass is 19.1. The Bertz CT molecular complexity index is 424. The highest BCUT2D eigenvalue weighted by Crippen LogP contribution is 2.22. The van der Waals surface area contributed by atoms with E-state index in [2.05, 4.69) is 0 Å². The first kappa shape index (κ1) is 12.2. The molecule has 1 rings (SSSR count). The molecule has 0 aliphatic rings. The van der Waals surface area contributed by atoms with E-state index in [4.69, 9.17) is 9.84 Å². The van der Waals surface area contributed by atoms with Crippen molar-refractivity contribution in [3.05, 3.63) is 41.2 Å². The van der Waals surface area contributed by atoms with Crippen LogP contribution in [0, 0.1) is 0 Å². The zero-order valence-electron chi connectivity index (χ0n) is 9.16. The maximum Gasteiger partial charge on any atom is 0.364 e. The Balaban J connectivity index is 2.97. The number of rotatable bonds is 4. The molecule has 0 atom stereocenters. The fourth-order valence-corrected chi connectivity index (χ4v) is 1.39. The molecule has 0 aliphatic carbocycles. The van der Waals surface area contributed by atoms with Gasteiger partial charge in [0.1, 0.15) is 5.75 Å². The number of ether oxygens (including phenoxy) is 1. The van der Waals surface area contributed by atoms with Crippen molar-refractivity contribution in [1.29, 1.82) is 0 Å². The number of halogens is 1. The average Bonchev–Trinajstić information content (AvgIpc) is 2.28. The summed E-state index contributed by atoms with van der Waals surface area (Å²) in [5.74, 6) is -2.02. The summed E-state index contributed by atoms with van der Waals surface area (Å²) in [6.07, 6.45) is 0.224. The summed E-state index contributed by atoms with van der Waals surface area (Å²) >= 11 is 0. The maximum absolute atomic E-state index is 13.1. The second-order valence-electron chi connectivity index (χ2n) is 3.39. The van der Waals surface area contributed by atoms with Crippen LogP contribution >= 0.6 is 0 Å². The average molecular weight is 224 g/mol. The number of hydrogen-bond acceptors (Lipinski definition) is 2. The Labute approximate surface area is 93.2 Å². The van der Waals surface area contributed by atoms with Gasteiger partial charge in [0.25, 0.3) is 0 Å². The first-order valence-electron chi connectivity index (χ1n) is 4.76. The number of carboxylic acids is 1. The number of carbonyl (C=O) groups is 1. The van der Waals surface area contributed by atoms with Gasteiger partial charge in [-0.05, 0) is 24.1 Å². The lowest BCUT2D eigenvalue weighted by Gasteiger charge is -2.08. The number of methoxy groups -OCH3 is 1. The lowest BCUT2D eigenvalue weighted by molar-refractivity contribution is -0.134. The molecule has 0 aromatic heterocycles. The third kappa shape index (κ3) is 2.82. The number of carboxylic acid groups (broad SMARTS) is 1. The molecule has 16 heavy (non-hydrogen) atoms. The monoisotopic (exact) mass is 224 g/mol. The number of para-hydroxylation sites is 1. The lowest BCUT2D eigenvalue weighted by atomic mass is 10.0. The molecule has 1 aromatic carbocycles. The van der Waals surface area contributed by atoms with Gasteiger partial charge in [0.15, 0.2) is 0 Å². The number of hydrogen-bond donors (Lipinski definition) is 1. The van der Waals surface area contributed by atoms with Gasteiger partial charge in [-0.25, -0.2) is 4.79 Å². The Morgan fingerprint density at radius 2 is 2.06 bits per heavy atom. The molecule has 0 aliphatic heterocycles. The van der Waals surface area contributed by atoms with Crippen LogP contribution in [0.3, 0.4) is 0 Å². The van der Waals surface area contributed by atoms with Gasteiger partial charge >= 0.3 is 5.97 Å². The number of allylic oxidation sites excluding steroid dienone is 1. The second kappa shape index (κ2) is 5.30. The van der Waals surface area contributed by atoms with Gasteiger partial charge in [0, 0.05) is 6.42 Å². The molecule has 0 unspecified atom stereocenters. The Hall–Kier alpha value is -1.84. The van der Waals surface area contributed by atoms with E-state index in [0.717, 1.165) is 5.56 Å². The number of aliphatic carboxylic acids is 1. The third-order valence-electron chi connectivity index (χ3n) is 2.21. The zero-order chi connectivity index (χ0) is 12.1. The molecule has 0 bridgehead atoms. The molecule has 3 nitrogen and oxygen atoms in total. The summed E-state index contributed by atoms with van der Waals surface area (Å²) < 4.78 is 18.2. The van der Waals surface area contributed by atoms with Crippen LogP contribution in [0.25, 0.3) is 0 Å². The zero-order valence-corrected chi connectivity index (χ0v) is 9.16. The van der Waals surface area contributed by atoms with Crippen molar-refractivity contribution in [2.24, 2.45) is 0 Å². The van der Waals surface area contributed by atoms with Crippen LogP contribution in [0.4, 0.5) is 4.39 Å². The van der Waals surface area contributed by atoms with Gasteiger partial charge in [-0.1, -0.05) is 18.2 Å². The molecule has 0 saturated carbocycles. The highest BCUT2D eigenvalue weighted by molar-refractivity contribution is 5.84. The van der Waals surface area contributed by atoms with Gasteiger partial charge in [0.2, 0.25) is 5.83 Å². The van der Waals surface area contributed by atoms with E-state index in [1.165, 1.54) is 14.0 Å². The van der Waals surface area contributed by atoms with Gasteiger partial charge in [0.05, 0.1) is 7.11 Å². The minimum atomic E-state index is -1.53. The first-order chi connectivity index (χ1) is 7.56. The fraction of sp³-hybridized carbons (Fsp3) is 0.250. The first-order valence-corrected chi connectivity index (χ1v) is 4.76. The van der Waals surface area contributed by atoms with Crippen LogP contribution in [0.2, 0.25) is 0 Å². The SMILES string of the molecule is COc1ccccc1CC(C)=C(F)C(=O)O. The quantitative estimate of drug-likeness (QED) is 0.799. The van der Waals surface area contributed by atoms with Crippen molar-refractivity contribution in [1.82, 2.24) is 0 Å². The molecule has 0 fully saturated rings. The molecule has 0 heterocycles. The summed E-state index contributed by atoms with van der Waals surface area (Å²) in [4.78, 5) is 10.4. The summed E-state index contributed by atoms with van der Waals surface area (Å²) in [6.45, 7) is 1.45. The van der Waals surface area contributed by atoms with E-state index in [1.54, 1.807) is 24.3 Å². The van der Waals surface area contributed by atoms with Crippen LogP contribution in [0.15, 0.2) is 35.7 Å². The molecule has 0 spiro atoms. The summed E-state index contributed by atoms with van der Waals surface area (Å²) in [7, 11) is 1.52. The topological polar surface area (TPSA) is 46.5 Å². The lowest BCUT2D eigenvalue weighted by Crippen LogP contribution is -2.01. The Morgan fingerprint density at radius 1 is 1.44 bits per heavy atom. The Kier molecular flexibility index (Phi) is 4.05. The smallest absolute Gasteiger partial charge is 0.364 e. The molecular weight excluding hydrogens is 211 g/mol. The van der Waals surface area contributed by atoms with Crippen LogP contribution in [0.5, 0.6) is 5.75 Å². The molecule has 0 saturated heterocycles. The van der Waals surface area contributed by atoms with Gasteiger partial charge in [-0.15, -0.1) is 0 Å². The van der Waals surface area contributed by atoms with Gasteiger partial charge < -0.3 is 9.84 Å². The molecule has 86 valence electrons. The van der Waals surface area contributed by atoms with E-state index in [-0.39, 0.29) is 12.0 Å². The van der Waals surface area contributed by atoms with E-state index in [0.29, 0.717) is 5.75 Å². The molecule has 1 N–H and O–H groups in total. The van der Waals surface area contributed by atoms with Crippen LogP contribution < -0.4 is 4.74 Å². The van der Waals surface area contributed by atoms with Crippen molar-refractivity contribution in [3.8, 4) is 5.75 Å². The largest absolute Gasteiger partial charge is 0.496 e. The van der Waals surface area contributed by atoms with Crippen molar-refractivity contribution in [3.63, 3.8) is 0 Å². The predicted octanol–water partition coefficient (Wildman–Crippen LogP) is 2.57. The summed E-state index contributed by atoms with van der Waals surface area (Å²) in [5.41, 5.74) is 0.941. The van der Waals surface area contributed by atoms with E-state index in [1.807, 2.05) is 0 Å². The summed E-state index contributed by atoms with van der Waals surface area (Å²) in [6, 6.07) is 7.12. The minimum Gasteiger partial charge on any atom is -0.496 e. The Morgan fingerprint density at radius 3 is 2.62 bits per heavy atom. The number of benzene rings is 1. The summed E-state index contributed by atoms with van der Waals surface area (Å²) in [5, 5.41) is 8.49. The normalized spacial score (nSPS) is 11.9. The molecule has 0 radical (unpaired) electrons. The molecule has 1 aromatic rings. The van der Waals surface area contributed by atoms with Crippen LogP contribution in [-0.2, 0) is 11.2 Å². The molecule has 4 heteroatoms. The van der Waals surface area contributed by atoms with Crippen molar-refractivity contribution in [2.45, 2.75) is 13.3 Å². The van der Waals surface area contributed by atoms with Crippen LogP contribution in [-0.4, -0.2) is 18.2 Å². The fourth-order valence-electron chi connectivity index (χ4n) is 1.39. The van der Waals surface area contributed by atoms with E-state index in [9.17, 15) is 9.18 Å². The minimum absolute atomic E-state index is 0.178. The highest BCUT2D eigenvalue weighted by Gasteiger charge is 2.12. The van der Waals surface area contributed by atoms with Gasteiger partial charge in [-0.3, -0.25) is 0 Å².